The first-order valence-electron chi connectivity index (χ1n) is 5.39. The van der Waals surface area contributed by atoms with Crippen molar-refractivity contribution in [2.75, 3.05) is 11.9 Å². The number of hydrogen-bond donors (Lipinski definition) is 2. The summed E-state index contributed by atoms with van der Waals surface area (Å²) in [5.41, 5.74) is 0.484. The van der Waals surface area contributed by atoms with Crippen LogP contribution >= 0.6 is 27.5 Å². The fraction of sp³-hybridized carbons (Fsp3) is 0.417. The molecule has 1 aromatic carbocycles. The Hall–Kier alpha value is -0.740. The molecule has 0 saturated heterocycles. The van der Waals surface area contributed by atoms with Gasteiger partial charge in [-0.25, -0.2) is 0 Å². The smallest absolute Gasteiger partial charge is 0.255 e. The Labute approximate surface area is 113 Å². The van der Waals surface area contributed by atoms with E-state index >= 15 is 0 Å². The molecule has 3 nitrogen and oxygen atoms in total. The Morgan fingerprint density at radius 3 is 2.76 bits per heavy atom. The third-order valence-corrected chi connectivity index (χ3v) is 4.49. The number of benzene rings is 1. The highest BCUT2D eigenvalue weighted by atomic mass is 79.9. The summed E-state index contributed by atoms with van der Waals surface area (Å²) in [5.74, 6) is -0.343. The summed E-state index contributed by atoms with van der Waals surface area (Å²) in [6.45, 7) is 0.638. The molecule has 92 valence electrons. The number of phenolic OH excluding ortho intramolecular Hbond substituents is 1. The van der Waals surface area contributed by atoms with Crippen LogP contribution in [0.15, 0.2) is 18.2 Å². The second-order valence-corrected chi connectivity index (χ2v) is 5.47. The van der Waals surface area contributed by atoms with Gasteiger partial charge in [-0.1, -0.05) is 27.5 Å². The van der Waals surface area contributed by atoms with E-state index in [2.05, 4.69) is 21.2 Å². The zero-order chi connectivity index (χ0) is 12.5. The van der Waals surface area contributed by atoms with Crippen LogP contribution in [-0.2, 0) is 0 Å². The van der Waals surface area contributed by atoms with Crippen LogP contribution in [-0.4, -0.2) is 22.9 Å². The average molecular weight is 319 g/mol. The first kappa shape index (κ1) is 12.7. The third-order valence-electron chi connectivity index (χ3n) is 3.07. The van der Waals surface area contributed by atoms with E-state index in [4.69, 9.17) is 11.6 Å². The van der Waals surface area contributed by atoms with Crippen LogP contribution in [0.25, 0.3) is 0 Å². The van der Waals surface area contributed by atoms with Crippen LogP contribution in [0.5, 0.6) is 5.75 Å². The number of aromatic hydroxyl groups is 1. The Kier molecular flexibility index (Phi) is 3.64. The number of halogens is 2. The van der Waals surface area contributed by atoms with Gasteiger partial charge in [-0.15, -0.1) is 0 Å². The van der Waals surface area contributed by atoms with Crippen LogP contribution in [0.3, 0.4) is 0 Å². The van der Waals surface area contributed by atoms with Gasteiger partial charge in [-0.2, -0.15) is 0 Å². The molecule has 0 bridgehead atoms. The van der Waals surface area contributed by atoms with E-state index in [1.54, 1.807) is 6.07 Å². The number of phenols is 1. The second-order valence-electron chi connectivity index (χ2n) is 4.48. The fourth-order valence-corrected chi connectivity index (χ4v) is 2.52. The van der Waals surface area contributed by atoms with Gasteiger partial charge in [0.2, 0.25) is 0 Å². The number of alkyl halides is 1. The minimum atomic E-state index is -0.258. The largest absolute Gasteiger partial charge is 0.507 e. The molecule has 1 amide bonds. The Morgan fingerprint density at radius 1 is 1.53 bits per heavy atom. The van der Waals surface area contributed by atoms with Crippen LogP contribution in [0.4, 0.5) is 0 Å². The summed E-state index contributed by atoms with van der Waals surface area (Å²) < 4.78 is 0. The second kappa shape index (κ2) is 4.86. The molecule has 2 rings (SSSR count). The SMILES string of the molecule is O=C(NCC1(CBr)CC1)c1ccc(Cl)cc1O. The van der Waals surface area contributed by atoms with Gasteiger partial charge in [-0.05, 0) is 36.5 Å². The predicted molar refractivity (Wildman–Crippen MR) is 70.9 cm³/mol. The molecule has 1 fully saturated rings. The molecule has 1 aliphatic rings. The van der Waals surface area contributed by atoms with E-state index in [1.807, 2.05) is 0 Å². The van der Waals surface area contributed by atoms with Gasteiger partial charge in [0.1, 0.15) is 5.75 Å². The van der Waals surface area contributed by atoms with Crippen molar-refractivity contribution in [2.24, 2.45) is 5.41 Å². The summed E-state index contributed by atoms with van der Waals surface area (Å²) in [6, 6.07) is 4.49. The molecule has 0 aliphatic heterocycles. The highest BCUT2D eigenvalue weighted by molar-refractivity contribution is 9.09. The van der Waals surface area contributed by atoms with Crippen molar-refractivity contribution in [3.05, 3.63) is 28.8 Å². The monoisotopic (exact) mass is 317 g/mol. The molecule has 2 N–H and O–H groups in total. The number of amides is 1. The molecule has 1 aliphatic carbocycles. The molecule has 0 aromatic heterocycles. The van der Waals surface area contributed by atoms with Gasteiger partial charge in [0.15, 0.2) is 0 Å². The van der Waals surface area contributed by atoms with E-state index in [0.29, 0.717) is 11.6 Å². The molecule has 1 aromatic rings. The summed E-state index contributed by atoms with van der Waals surface area (Å²) in [4.78, 5) is 11.8. The van der Waals surface area contributed by atoms with Gasteiger partial charge < -0.3 is 10.4 Å². The van der Waals surface area contributed by atoms with Crippen molar-refractivity contribution >= 4 is 33.4 Å². The van der Waals surface area contributed by atoms with Crippen molar-refractivity contribution < 1.29 is 9.90 Å². The minimum Gasteiger partial charge on any atom is -0.507 e. The topological polar surface area (TPSA) is 49.3 Å². The van der Waals surface area contributed by atoms with Gasteiger partial charge in [0.25, 0.3) is 5.91 Å². The number of carbonyl (C=O) groups excluding carboxylic acids is 1. The maximum atomic E-state index is 11.8. The summed E-state index contributed by atoms with van der Waals surface area (Å²) in [5, 5.41) is 13.8. The van der Waals surface area contributed by atoms with Crippen LogP contribution in [0.2, 0.25) is 5.02 Å². The van der Waals surface area contributed by atoms with Crippen LogP contribution in [0.1, 0.15) is 23.2 Å². The Bertz CT molecular complexity index is 446. The highest BCUT2D eigenvalue weighted by Gasteiger charge is 2.41. The molecular formula is C12H13BrClNO2. The highest BCUT2D eigenvalue weighted by Crippen LogP contribution is 2.46. The zero-order valence-corrected chi connectivity index (χ0v) is 11.5. The molecular weight excluding hydrogens is 305 g/mol. The first-order chi connectivity index (χ1) is 8.06. The zero-order valence-electron chi connectivity index (χ0n) is 9.17. The van der Waals surface area contributed by atoms with Crippen LogP contribution < -0.4 is 5.32 Å². The quantitative estimate of drug-likeness (QED) is 0.839. The predicted octanol–water partition coefficient (Wildman–Crippen LogP) is 2.95. The normalized spacial score (nSPS) is 16.6. The van der Waals surface area contributed by atoms with E-state index in [0.717, 1.165) is 18.2 Å². The number of rotatable bonds is 4. The fourth-order valence-electron chi connectivity index (χ4n) is 1.59. The maximum Gasteiger partial charge on any atom is 0.255 e. The Morgan fingerprint density at radius 2 is 2.24 bits per heavy atom. The number of nitrogens with one attached hydrogen (secondary N) is 1. The van der Waals surface area contributed by atoms with Gasteiger partial charge >= 0.3 is 0 Å². The number of hydrogen-bond acceptors (Lipinski definition) is 2. The molecule has 0 unspecified atom stereocenters. The molecule has 0 heterocycles. The lowest BCUT2D eigenvalue weighted by Gasteiger charge is -2.13. The molecule has 0 radical (unpaired) electrons. The van der Waals surface area contributed by atoms with Crippen molar-refractivity contribution in [3.63, 3.8) is 0 Å². The van der Waals surface area contributed by atoms with Crippen molar-refractivity contribution in [2.45, 2.75) is 12.8 Å². The average Bonchev–Trinajstić information content (AvgIpc) is 3.07. The Balaban J connectivity index is 2.00. The minimum absolute atomic E-state index is 0.0845. The van der Waals surface area contributed by atoms with E-state index < -0.39 is 0 Å². The molecule has 5 heteroatoms. The van der Waals surface area contributed by atoms with E-state index in [9.17, 15) is 9.90 Å². The van der Waals surface area contributed by atoms with Crippen molar-refractivity contribution in [1.29, 1.82) is 0 Å². The van der Waals surface area contributed by atoms with Crippen molar-refractivity contribution in [1.82, 2.24) is 5.32 Å². The summed E-state index contributed by atoms with van der Waals surface area (Å²) in [6.07, 6.45) is 2.26. The van der Waals surface area contributed by atoms with Crippen LogP contribution in [0, 0.1) is 5.41 Å². The van der Waals surface area contributed by atoms with Crippen molar-refractivity contribution in [3.8, 4) is 5.75 Å². The lowest BCUT2D eigenvalue weighted by atomic mass is 10.1. The molecule has 0 spiro atoms. The van der Waals surface area contributed by atoms with Gasteiger partial charge in [-0.3, -0.25) is 4.79 Å². The maximum absolute atomic E-state index is 11.8. The first-order valence-corrected chi connectivity index (χ1v) is 6.89. The van der Waals surface area contributed by atoms with Gasteiger partial charge in [0, 0.05) is 16.9 Å². The van der Waals surface area contributed by atoms with E-state index in [1.165, 1.54) is 12.1 Å². The third kappa shape index (κ3) is 2.93. The molecule has 17 heavy (non-hydrogen) atoms. The lowest BCUT2D eigenvalue weighted by Crippen LogP contribution is -2.30. The summed E-state index contributed by atoms with van der Waals surface area (Å²) >= 11 is 9.15. The molecule has 1 saturated carbocycles. The van der Waals surface area contributed by atoms with E-state index in [-0.39, 0.29) is 22.6 Å². The van der Waals surface area contributed by atoms with Gasteiger partial charge in [0.05, 0.1) is 5.56 Å². The summed E-state index contributed by atoms with van der Waals surface area (Å²) in [7, 11) is 0. The standard InChI is InChI=1S/C12H13BrClNO2/c13-6-12(3-4-12)7-15-11(17)9-2-1-8(14)5-10(9)16/h1-2,5,16H,3-4,6-7H2,(H,15,17). The number of carbonyl (C=O) groups is 1. The lowest BCUT2D eigenvalue weighted by molar-refractivity contribution is 0.0944. The molecule has 0 atom stereocenters.